The average molecular weight is 260 g/mol. The van der Waals surface area contributed by atoms with Gasteiger partial charge in [-0.2, -0.15) is 0 Å². The zero-order valence-electron chi connectivity index (χ0n) is 8.25. The Morgan fingerprint density at radius 1 is 1.50 bits per heavy atom. The van der Waals surface area contributed by atoms with Crippen LogP contribution in [0, 0.1) is 0 Å². The smallest absolute Gasteiger partial charge is 0.205 e. The second-order valence-corrected chi connectivity index (χ2v) is 3.32. The molecule has 0 rings (SSSR count). The number of ether oxygens (including phenoxy) is 2. The predicted molar refractivity (Wildman–Crippen MR) is 62.7 cm³/mol. The van der Waals surface area contributed by atoms with Crippen LogP contribution < -0.4 is 0 Å². The molecule has 0 amide bonds. The first-order valence-electron chi connectivity index (χ1n) is 3.95. The summed E-state index contributed by atoms with van der Waals surface area (Å²) in [5.41, 5.74) is 0.652. The van der Waals surface area contributed by atoms with Crippen molar-refractivity contribution in [1.29, 1.82) is 0 Å². The first kappa shape index (κ1) is 13.1. The van der Waals surface area contributed by atoms with Crippen LogP contribution in [0.5, 0.6) is 0 Å². The largest absolute Gasteiger partial charge is 0.481 e. The van der Waals surface area contributed by atoms with Crippen molar-refractivity contribution in [3.05, 3.63) is 36.2 Å². The van der Waals surface area contributed by atoms with Gasteiger partial charge in [-0.05, 0) is 22.5 Å². The van der Waals surface area contributed by atoms with E-state index in [0.29, 0.717) is 29.3 Å². The Hall–Kier alpha value is -0.870. The van der Waals surface area contributed by atoms with E-state index in [1.54, 1.807) is 6.08 Å². The van der Waals surface area contributed by atoms with E-state index in [0.717, 1.165) is 0 Å². The maximum atomic E-state index is 5.22. The molecule has 0 saturated carbocycles. The average Bonchev–Trinajstić information content (AvgIpc) is 2.16. The van der Waals surface area contributed by atoms with Crippen LogP contribution in [-0.2, 0) is 9.47 Å². The summed E-state index contributed by atoms with van der Waals surface area (Å²) in [6, 6.07) is 0. The van der Waals surface area contributed by atoms with Gasteiger partial charge in [0, 0.05) is 4.48 Å². The van der Waals surface area contributed by atoms with E-state index in [2.05, 4.69) is 40.7 Å². The van der Waals surface area contributed by atoms with Crippen LogP contribution in [0.15, 0.2) is 41.2 Å². The van der Waals surface area contributed by atoms with Crippen LogP contribution in [0.2, 0.25) is 0 Å². The van der Waals surface area contributed by atoms with E-state index in [-0.39, 0.29) is 0 Å². The fourth-order valence-electron chi connectivity index (χ4n) is 0.606. The first-order valence-corrected chi connectivity index (χ1v) is 4.75. The molecule has 14 heavy (non-hydrogen) atoms. The molecule has 0 unspecified atom stereocenters. The fraction of sp³-hybridized carbons (Fsp3) is 0.300. The minimum Gasteiger partial charge on any atom is -0.481 e. The Bertz CT molecular complexity index is 259. The minimum absolute atomic E-state index is 0.322. The molecule has 0 bridgehead atoms. The molecule has 0 fully saturated rings. The number of methoxy groups -OCH3 is 1. The van der Waals surface area contributed by atoms with E-state index in [1.165, 1.54) is 7.11 Å². The lowest BCUT2D eigenvalue weighted by Gasteiger charge is -2.05. The zero-order chi connectivity index (χ0) is 11.0. The van der Waals surface area contributed by atoms with Gasteiger partial charge in [0.25, 0.3) is 0 Å². The van der Waals surface area contributed by atoms with Gasteiger partial charge in [0.15, 0.2) is 0 Å². The number of rotatable bonds is 7. The Balaban J connectivity index is 4.28. The van der Waals surface area contributed by atoms with Crippen molar-refractivity contribution >= 4 is 21.6 Å². The molecule has 78 valence electrons. The van der Waals surface area contributed by atoms with Crippen molar-refractivity contribution in [3.63, 3.8) is 0 Å². The van der Waals surface area contributed by atoms with Gasteiger partial charge in [-0.25, -0.2) is 4.99 Å². The summed E-state index contributed by atoms with van der Waals surface area (Å²) in [4.78, 5) is 4.06. The van der Waals surface area contributed by atoms with Crippen molar-refractivity contribution in [1.82, 2.24) is 0 Å². The highest BCUT2D eigenvalue weighted by atomic mass is 79.9. The Morgan fingerprint density at radius 2 is 2.14 bits per heavy atom. The van der Waals surface area contributed by atoms with Crippen LogP contribution in [0.1, 0.15) is 0 Å². The van der Waals surface area contributed by atoms with Gasteiger partial charge in [0.1, 0.15) is 0 Å². The molecule has 0 aliphatic rings. The zero-order valence-corrected chi connectivity index (χ0v) is 9.84. The Kier molecular flexibility index (Phi) is 7.06. The molecule has 0 aromatic rings. The molecule has 0 atom stereocenters. The molecule has 3 nitrogen and oxygen atoms in total. The second kappa shape index (κ2) is 7.53. The lowest BCUT2D eigenvalue weighted by atomic mass is 10.4. The molecule has 0 aliphatic carbocycles. The molecule has 0 aromatic heterocycles. The molecule has 4 heteroatoms. The lowest BCUT2D eigenvalue weighted by molar-refractivity contribution is 0.204. The maximum absolute atomic E-state index is 5.22. The number of aliphatic imine (C=N–C) groups is 1. The molecular formula is C10H14BrNO2. The third-order valence-electron chi connectivity index (χ3n) is 1.28. The standard InChI is InChI=1S/C10H14BrNO2/c1-5-6-14-7-10(8(2)11)12-9(3)13-4/h5H,1-3,6-7H2,4H3/b12-10-. The molecule has 0 heterocycles. The molecule has 0 N–H and O–H groups in total. The summed E-state index contributed by atoms with van der Waals surface area (Å²) in [6.45, 7) is 11.6. The van der Waals surface area contributed by atoms with Crippen LogP contribution in [-0.4, -0.2) is 26.0 Å². The van der Waals surface area contributed by atoms with Gasteiger partial charge in [-0.1, -0.05) is 12.7 Å². The van der Waals surface area contributed by atoms with Gasteiger partial charge >= 0.3 is 0 Å². The van der Waals surface area contributed by atoms with Crippen LogP contribution >= 0.6 is 15.9 Å². The highest BCUT2D eigenvalue weighted by Gasteiger charge is 2.02. The maximum Gasteiger partial charge on any atom is 0.205 e. The highest BCUT2D eigenvalue weighted by molar-refractivity contribution is 9.12. The summed E-state index contributed by atoms with van der Waals surface area (Å²) in [7, 11) is 1.51. The molecule has 0 radical (unpaired) electrons. The van der Waals surface area contributed by atoms with Crippen molar-refractivity contribution in [2.24, 2.45) is 4.99 Å². The number of hydrogen-bond acceptors (Lipinski definition) is 3. The molecule has 0 aliphatic heterocycles. The van der Waals surface area contributed by atoms with Crippen molar-refractivity contribution < 1.29 is 9.47 Å². The third kappa shape index (κ3) is 5.72. The lowest BCUT2D eigenvalue weighted by Crippen LogP contribution is -2.09. The molecule has 0 spiro atoms. The van der Waals surface area contributed by atoms with Gasteiger partial charge in [0.2, 0.25) is 5.88 Å². The SMILES string of the molecule is C=CCOC/C(=N/C(=C)OC)C(=C)Br. The van der Waals surface area contributed by atoms with E-state index in [9.17, 15) is 0 Å². The minimum atomic E-state index is 0.322. The first-order chi connectivity index (χ1) is 6.61. The predicted octanol–water partition coefficient (Wildman–Crippen LogP) is 2.66. The fourth-order valence-corrected chi connectivity index (χ4v) is 0.809. The number of hydrogen-bond donors (Lipinski definition) is 0. The van der Waals surface area contributed by atoms with E-state index in [1.807, 2.05) is 0 Å². The van der Waals surface area contributed by atoms with Crippen molar-refractivity contribution in [3.8, 4) is 0 Å². The summed E-state index contributed by atoms with van der Waals surface area (Å²) in [6.07, 6.45) is 1.67. The van der Waals surface area contributed by atoms with E-state index in [4.69, 9.17) is 9.47 Å². The summed E-state index contributed by atoms with van der Waals surface area (Å²) in [5.74, 6) is 0.322. The number of halogens is 1. The van der Waals surface area contributed by atoms with Crippen LogP contribution in [0.25, 0.3) is 0 Å². The Labute approximate surface area is 92.9 Å². The monoisotopic (exact) mass is 259 g/mol. The van der Waals surface area contributed by atoms with E-state index < -0.39 is 0 Å². The molecular weight excluding hydrogens is 246 g/mol. The van der Waals surface area contributed by atoms with Crippen molar-refractivity contribution in [2.45, 2.75) is 0 Å². The highest BCUT2D eigenvalue weighted by Crippen LogP contribution is 2.08. The van der Waals surface area contributed by atoms with Gasteiger partial charge in [0.05, 0.1) is 26.0 Å². The topological polar surface area (TPSA) is 30.8 Å². The quantitative estimate of drug-likeness (QED) is 0.305. The van der Waals surface area contributed by atoms with Crippen molar-refractivity contribution in [2.75, 3.05) is 20.3 Å². The normalized spacial score (nSPS) is 10.9. The number of nitrogens with zero attached hydrogens (tertiary/aromatic N) is 1. The third-order valence-corrected chi connectivity index (χ3v) is 1.74. The van der Waals surface area contributed by atoms with Crippen LogP contribution in [0.4, 0.5) is 0 Å². The second-order valence-electron chi connectivity index (χ2n) is 2.37. The summed E-state index contributed by atoms with van der Waals surface area (Å²) in [5, 5.41) is 0. The molecule has 0 saturated heterocycles. The molecule has 0 aromatic carbocycles. The van der Waals surface area contributed by atoms with Gasteiger partial charge in [-0.15, -0.1) is 6.58 Å². The summed E-state index contributed by atoms with van der Waals surface area (Å²) < 4.78 is 10.7. The Morgan fingerprint density at radius 3 is 2.57 bits per heavy atom. The summed E-state index contributed by atoms with van der Waals surface area (Å²) >= 11 is 3.22. The van der Waals surface area contributed by atoms with Gasteiger partial charge < -0.3 is 9.47 Å². The van der Waals surface area contributed by atoms with E-state index >= 15 is 0 Å². The van der Waals surface area contributed by atoms with Crippen LogP contribution in [0.3, 0.4) is 0 Å². The van der Waals surface area contributed by atoms with Gasteiger partial charge in [-0.3, -0.25) is 0 Å².